The van der Waals surface area contributed by atoms with Crippen LogP contribution in [-0.4, -0.2) is 9.97 Å². The summed E-state index contributed by atoms with van der Waals surface area (Å²) in [6.07, 6.45) is 1.51. The van der Waals surface area contributed by atoms with Gasteiger partial charge in [0.15, 0.2) is 0 Å². The zero-order valence-corrected chi connectivity index (χ0v) is 10.7. The fraction of sp³-hybridized carbons (Fsp3) is 0. The summed E-state index contributed by atoms with van der Waals surface area (Å²) in [5.74, 6) is -0.430. The summed E-state index contributed by atoms with van der Waals surface area (Å²) in [5, 5.41) is 3.15. The van der Waals surface area contributed by atoms with Crippen molar-refractivity contribution < 1.29 is 4.39 Å². The van der Waals surface area contributed by atoms with Crippen molar-refractivity contribution in [1.29, 1.82) is 0 Å². The third kappa shape index (κ3) is 2.75. The van der Waals surface area contributed by atoms with Gasteiger partial charge in [0, 0.05) is 0 Å². The molecule has 0 atom stereocenters. The lowest BCUT2D eigenvalue weighted by Gasteiger charge is -2.09. The third-order valence-electron chi connectivity index (χ3n) is 2.25. The van der Waals surface area contributed by atoms with Gasteiger partial charge in [-0.15, -0.1) is 0 Å². The molecule has 0 saturated carbocycles. The number of nitrogens with one attached hydrogen (secondary N) is 1. The second-order valence-electron chi connectivity index (χ2n) is 3.52. The maximum absolute atomic E-state index is 13.5. The molecule has 18 heavy (non-hydrogen) atoms. The highest BCUT2D eigenvalue weighted by atomic mass is 35.5. The van der Waals surface area contributed by atoms with Crippen molar-refractivity contribution in [1.82, 2.24) is 4.98 Å². The van der Waals surface area contributed by atoms with Crippen LogP contribution in [0, 0.1) is 5.82 Å². The first-order valence-electron chi connectivity index (χ1n) is 5.05. The van der Waals surface area contributed by atoms with E-state index in [9.17, 15) is 4.39 Å². The molecule has 0 aliphatic heterocycles. The molecule has 3 N–H and O–H groups in total. The number of hydrogen-bond donors (Lipinski definition) is 2. The Labute approximate surface area is 114 Å². The fourth-order valence-electron chi connectivity index (χ4n) is 1.38. The van der Waals surface area contributed by atoms with Gasteiger partial charge in [0.25, 0.3) is 0 Å². The smallest absolute Gasteiger partial charge is 0.148 e. The van der Waals surface area contributed by atoms with Crippen LogP contribution in [0.15, 0.2) is 36.5 Å². The van der Waals surface area contributed by atoms with Crippen LogP contribution in [-0.2, 0) is 0 Å². The average Bonchev–Trinajstić information content (AvgIpc) is 2.34. The minimum absolute atomic E-state index is 0.212. The second kappa shape index (κ2) is 5.29. The molecule has 1 heterocycles. The van der Waals surface area contributed by atoms with Gasteiger partial charge in [-0.1, -0.05) is 29.9 Å². The van der Waals surface area contributed by atoms with Crippen LogP contribution in [0.3, 0.4) is 0 Å². The zero-order valence-electron chi connectivity index (χ0n) is 9.15. The SMILES string of the molecule is NC(=S)c1ccc(Nc2c(F)cccc2Cl)cn1. The van der Waals surface area contributed by atoms with Crippen molar-refractivity contribution in [2.45, 2.75) is 0 Å². The van der Waals surface area contributed by atoms with Crippen LogP contribution in [0.5, 0.6) is 0 Å². The standard InChI is InChI=1S/C12H9ClFN3S/c13-8-2-1-3-9(14)11(8)17-7-4-5-10(12(15)18)16-6-7/h1-6,17H,(H2,15,18). The highest BCUT2D eigenvalue weighted by Crippen LogP contribution is 2.27. The van der Waals surface area contributed by atoms with E-state index < -0.39 is 5.82 Å². The maximum atomic E-state index is 13.5. The van der Waals surface area contributed by atoms with Crippen molar-refractivity contribution in [2.24, 2.45) is 5.73 Å². The van der Waals surface area contributed by atoms with Gasteiger partial charge in [-0.25, -0.2) is 4.39 Å². The Balaban J connectivity index is 2.26. The van der Waals surface area contributed by atoms with Gasteiger partial charge in [0.2, 0.25) is 0 Å². The van der Waals surface area contributed by atoms with E-state index in [1.807, 2.05) is 0 Å². The predicted molar refractivity (Wildman–Crippen MR) is 74.8 cm³/mol. The van der Waals surface area contributed by atoms with Gasteiger partial charge >= 0.3 is 0 Å². The number of anilines is 2. The third-order valence-corrected chi connectivity index (χ3v) is 2.77. The Hall–Kier alpha value is -1.72. The lowest BCUT2D eigenvalue weighted by atomic mass is 10.2. The molecule has 2 rings (SSSR count). The summed E-state index contributed by atoms with van der Waals surface area (Å²) >= 11 is 10.7. The first-order valence-corrected chi connectivity index (χ1v) is 5.83. The number of halogens is 2. The molecule has 0 aliphatic carbocycles. The number of nitrogens with two attached hydrogens (primary N) is 1. The van der Waals surface area contributed by atoms with Crippen molar-refractivity contribution in [3.8, 4) is 0 Å². The largest absolute Gasteiger partial charge is 0.388 e. The molecule has 0 unspecified atom stereocenters. The number of thiocarbonyl (C=S) groups is 1. The predicted octanol–water partition coefficient (Wildman–Crippen LogP) is 3.25. The first kappa shape index (κ1) is 12.7. The van der Waals surface area contributed by atoms with Crippen molar-refractivity contribution in [3.63, 3.8) is 0 Å². The first-order chi connectivity index (χ1) is 8.58. The van der Waals surface area contributed by atoms with E-state index in [4.69, 9.17) is 29.6 Å². The number of nitrogens with zero attached hydrogens (tertiary/aromatic N) is 1. The van der Waals surface area contributed by atoms with E-state index in [0.29, 0.717) is 16.4 Å². The van der Waals surface area contributed by atoms with Gasteiger partial charge in [-0.05, 0) is 24.3 Å². The maximum Gasteiger partial charge on any atom is 0.148 e. The molecule has 0 aliphatic rings. The summed E-state index contributed by atoms with van der Waals surface area (Å²) in [5.41, 5.74) is 6.75. The Morgan fingerprint density at radius 3 is 2.67 bits per heavy atom. The number of aromatic nitrogens is 1. The van der Waals surface area contributed by atoms with Gasteiger partial charge < -0.3 is 11.1 Å². The quantitative estimate of drug-likeness (QED) is 0.848. The van der Waals surface area contributed by atoms with Crippen LogP contribution >= 0.6 is 23.8 Å². The van der Waals surface area contributed by atoms with E-state index in [1.54, 1.807) is 18.2 Å². The normalized spacial score (nSPS) is 10.1. The van der Waals surface area contributed by atoms with Gasteiger partial charge in [-0.3, -0.25) is 4.98 Å². The minimum atomic E-state index is -0.430. The summed E-state index contributed by atoms with van der Waals surface area (Å²) in [4.78, 5) is 4.25. The highest BCUT2D eigenvalue weighted by molar-refractivity contribution is 7.80. The summed E-state index contributed by atoms with van der Waals surface area (Å²) in [6.45, 7) is 0. The lowest BCUT2D eigenvalue weighted by molar-refractivity contribution is 0.632. The van der Waals surface area contributed by atoms with Crippen LogP contribution in [0.2, 0.25) is 5.02 Å². The molecule has 92 valence electrons. The molecule has 2 aromatic rings. The molecule has 3 nitrogen and oxygen atoms in total. The molecule has 1 aromatic heterocycles. The van der Waals surface area contributed by atoms with Crippen LogP contribution in [0.1, 0.15) is 5.69 Å². The van der Waals surface area contributed by atoms with Gasteiger partial charge in [-0.2, -0.15) is 0 Å². The monoisotopic (exact) mass is 281 g/mol. The summed E-state index contributed by atoms with van der Waals surface area (Å²) in [6, 6.07) is 7.82. The number of rotatable bonds is 3. The fourth-order valence-corrected chi connectivity index (χ4v) is 1.71. The lowest BCUT2D eigenvalue weighted by Crippen LogP contribution is -2.11. The molecular formula is C12H9ClFN3S. The van der Waals surface area contributed by atoms with E-state index in [2.05, 4.69) is 10.3 Å². The molecule has 0 amide bonds. The number of para-hydroxylation sites is 1. The summed E-state index contributed by atoms with van der Waals surface area (Å²) < 4.78 is 13.5. The zero-order chi connectivity index (χ0) is 13.1. The molecule has 6 heteroatoms. The Bertz CT molecular complexity index is 566. The van der Waals surface area contributed by atoms with Crippen LogP contribution in [0.25, 0.3) is 0 Å². The van der Waals surface area contributed by atoms with Crippen molar-refractivity contribution in [2.75, 3.05) is 5.32 Å². The molecule has 1 aromatic carbocycles. The minimum Gasteiger partial charge on any atom is -0.388 e. The van der Waals surface area contributed by atoms with Crippen molar-refractivity contribution >= 4 is 40.2 Å². The van der Waals surface area contributed by atoms with Gasteiger partial charge in [0.1, 0.15) is 10.8 Å². The van der Waals surface area contributed by atoms with E-state index in [-0.39, 0.29) is 10.7 Å². The Kier molecular flexibility index (Phi) is 3.74. The average molecular weight is 282 g/mol. The van der Waals surface area contributed by atoms with Crippen molar-refractivity contribution in [3.05, 3.63) is 53.1 Å². The molecular weight excluding hydrogens is 273 g/mol. The highest BCUT2D eigenvalue weighted by Gasteiger charge is 2.07. The molecule has 0 fully saturated rings. The van der Waals surface area contributed by atoms with Crippen LogP contribution < -0.4 is 11.1 Å². The molecule has 0 radical (unpaired) electrons. The molecule has 0 bridgehead atoms. The molecule has 0 spiro atoms. The van der Waals surface area contributed by atoms with E-state index in [0.717, 1.165) is 0 Å². The van der Waals surface area contributed by atoms with E-state index >= 15 is 0 Å². The van der Waals surface area contributed by atoms with E-state index in [1.165, 1.54) is 18.3 Å². The number of hydrogen-bond acceptors (Lipinski definition) is 3. The Morgan fingerprint density at radius 1 is 1.33 bits per heavy atom. The Morgan fingerprint density at radius 2 is 2.11 bits per heavy atom. The van der Waals surface area contributed by atoms with Crippen LogP contribution in [0.4, 0.5) is 15.8 Å². The van der Waals surface area contributed by atoms with Gasteiger partial charge in [0.05, 0.1) is 28.3 Å². The second-order valence-corrected chi connectivity index (χ2v) is 4.37. The number of benzene rings is 1. The topological polar surface area (TPSA) is 50.9 Å². The molecule has 0 saturated heterocycles. The summed E-state index contributed by atoms with van der Waals surface area (Å²) in [7, 11) is 0. The number of pyridine rings is 1.